The van der Waals surface area contributed by atoms with Crippen LogP contribution in [0, 0.1) is 5.92 Å². The van der Waals surface area contributed by atoms with Crippen molar-refractivity contribution in [1.82, 2.24) is 15.5 Å². The highest BCUT2D eigenvalue weighted by Crippen LogP contribution is 2.40. The Kier molecular flexibility index (Phi) is 18.6. The minimum Gasteiger partial charge on any atom is -0.465 e. The molecule has 292 valence electrons. The fourth-order valence-corrected chi connectivity index (χ4v) is 6.87. The molecule has 13 heteroatoms. The minimum atomic E-state index is -0.508. The predicted octanol–water partition coefficient (Wildman–Crippen LogP) is 4.22. The molecule has 0 aliphatic carbocycles. The number of esters is 2. The largest absolute Gasteiger partial charge is 0.465 e. The van der Waals surface area contributed by atoms with Crippen LogP contribution in [0.1, 0.15) is 78.5 Å². The van der Waals surface area contributed by atoms with E-state index < -0.39 is 18.0 Å². The predicted molar refractivity (Wildman–Crippen MR) is 201 cm³/mol. The quantitative estimate of drug-likeness (QED) is 0.0992. The number of rotatable bonds is 25. The van der Waals surface area contributed by atoms with Crippen molar-refractivity contribution in [3.05, 3.63) is 65.7 Å². The summed E-state index contributed by atoms with van der Waals surface area (Å²) in [6.07, 6.45) is 5.95. The molecule has 53 heavy (non-hydrogen) atoms. The Hall–Kier alpha value is -4.04. The van der Waals surface area contributed by atoms with E-state index in [1.165, 1.54) is 0 Å². The van der Waals surface area contributed by atoms with Crippen molar-refractivity contribution in [2.24, 2.45) is 5.92 Å². The number of carbonyl (C=O) groups is 4. The summed E-state index contributed by atoms with van der Waals surface area (Å²) >= 11 is 0. The van der Waals surface area contributed by atoms with E-state index in [2.05, 4.69) is 20.9 Å². The van der Waals surface area contributed by atoms with Gasteiger partial charge >= 0.3 is 11.9 Å². The zero-order valence-electron chi connectivity index (χ0n) is 31.4. The Morgan fingerprint density at radius 2 is 1.40 bits per heavy atom. The van der Waals surface area contributed by atoms with Crippen molar-refractivity contribution in [3.8, 4) is 0 Å². The maximum Gasteiger partial charge on any atom is 0.338 e. The number of ether oxygens (including phenoxy) is 5. The van der Waals surface area contributed by atoms with E-state index in [0.717, 1.165) is 24.9 Å². The Balaban J connectivity index is 0.929. The second-order valence-electron chi connectivity index (χ2n) is 13.5. The monoisotopic (exact) mass is 738 g/mol. The van der Waals surface area contributed by atoms with Crippen LogP contribution in [0.5, 0.6) is 0 Å². The third kappa shape index (κ3) is 14.0. The summed E-state index contributed by atoms with van der Waals surface area (Å²) in [6.45, 7) is 4.29. The summed E-state index contributed by atoms with van der Waals surface area (Å²) in [7, 11) is 3.82. The first kappa shape index (κ1) is 41.7. The molecule has 2 aromatic carbocycles. The average Bonchev–Trinajstić information content (AvgIpc) is 3.40. The number of fused-ring (bicyclic) bond motifs is 2. The van der Waals surface area contributed by atoms with Crippen LogP contribution in [-0.2, 0) is 33.3 Å². The number of piperidine rings is 1. The molecule has 2 bridgehead atoms. The topological polar surface area (TPSA) is 154 Å². The normalized spacial score (nSPS) is 19.4. The number of anilines is 1. The van der Waals surface area contributed by atoms with Crippen molar-refractivity contribution >= 4 is 29.4 Å². The van der Waals surface area contributed by atoms with Crippen LogP contribution in [0.15, 0.2) is 54.6 Å². The molecule has 2 aromatic rings. The van der Waals surface area contributed by atoms with E-state index in [9.17, 15) is 19.2 Å². The summed E-state index contributed by atoms with van der Waals surface area (Å²) < 4.78 is 28.2. The van der Waals surface area contributed by atoms with E-state index in [1.54, 1.807) is 37.4 Å². The molecule has 13 nitrogen and oxygen atoms in total. The summed E-state index contributed by atoms with van der Waals surface area (Å²) in [5.74, 6) is -1.35. The van der Waals surface area contributed by atoms with E-state index in [0.29, 0.717) is 108 Å². The minimum absolute atomic E-state index is 0.000914. The standard InChI is InChI=1S/C40H58N4O9/c1-41-33-16-9-8-15-32(33)38(46)43-21-12-23-50-26-28-51-27-25-49-22-11-20-42-36(45)17-7-4-10-24-52-40(48)37-34-19-18-31(44(34)2)29-35(37)53-39(47)30-13-5-3-6-14-30/h3,5-6,8-9,13-16,31,34-35,37,41H,4,7,10-12,17-29H2,1-2H3,(H,42,45)(H,43,46)/t31-,34+,35-,37+/m0/s1. The molecular formula is C40H58N4O9. The van der Waals surface area contributed by atoms with Gasteiger partial charge in [0, 0.05) is 64.0 Å². The van der Waals surface area contributed by atoms with Gasteiger partial charge in [-0.05, 0) is 76.3 Å². The lowest BCUT2D eigenvalue weighted by molar-refractivity contribution is -0.159. The molecule has 4 atom stereocenters. The van der Waals surface area contributed by atoms with Gasteiger partial charge < -0.3 is 39.6 Å². The number of nitrogens with one attached hydrogen (secondary N) is 3. The van der Waals surface area contributed by atoms with Gasteiger partial charge in [0.25, 0.3) is 5.91 Å². The Morgan fingerprint density at radius 3 is 2.11 bits per heavy atom. The molecule has 2 heterocycles. The number of benzene rings is 2. The van der Waals surface area contributed by atoms with E-state index >= 15 is 0 Å². The fraction of sp³-hybridized carbons (Fsp3) is 0.600. The van der Waals surface area contributed by atoms with Gasteiger partial charge in [-0.15, -0.1) is 0 Å². The molecule has 2 amide bonds. The van der Waals surface area contributed by atoms with Crippen LogP contribution in [0.2, 0.25) is 0 Å². The third-order valence-corrected chi connectivity index (χ3v) is 9.77. The first-order chi connectivity index (χ1) is 25.9. The SMILES string of the molecule is CNc1ccccc1C(=O)NCCCOCCOCCOCCCNC(=O)CCCCCOC(=O)[C@H]1[C@@H](OC(=O)c2ccccc2)C[C@@H]2CC[C@H]1N2C. The summed E-state index contributed by atoms with van der Waals surface area (Å²) in [6, 6.07) is 16.5. The molecule has 0 spiro atoms. The summed E-state index contributed by atoms with van der Waals surface area (Å²) in [5.41, 5.74) is 1.89. The van der Waals surface area contributed by atoms with Crippen molar-refractivity contribution in [2.75, 3.05) is 78.7 Å². The fourth-order valence-electron chi connectivity index (χ4n) is 6.87. The maximum atomic E-state index is 13.2. The molecule has 2 aliphatic rings. The third-order valence-electron chi connectivity index (χ3n) is 9.77. The number of amides is 2. The number of hydrogen-bond donors (Lipinski definition) is 3. The molecule has 3 N–H and O–H groups in total. The van der Waals surface area contributed by atoms with E-state index in [1.807, 2.05) is 31.3 Å². The molecule has 0 saturated carbocycles. The molecular weight excluding hydrogens is 680 g/mol. The number of hydrogen-bond acceptors (Lipinski definition) is 11. The van der Waals surface area contributed by atoms with Crippen molar-refractivity contribution < 1.29 is 42.9 Å². The van der Waals surface area contributed by atoms with Gasteiger partial charge in [0.2, 0.25) is 5.91 Å². The Morgan fingerprint density at radius 1 is 0.736 bits per heavy atom. The van der Waals surface area contributed by atoms with Crippen LogP contribution in [-0.4, -0.2) is 120 Å². The molecule has 0 radical (unpaired) electrons. The Labute approximate surface area is 313 Å². The zero-order valence-corrected chi connectivity index (χ0v) is 31.4. The van der Waals surface area contributed by atoms with E-state index in [4.69, 9.17) is 23.7 Å². The van der Waals surface area contributed by atoms with Gasteiger partial charge in [0.1, 0.15) is 12.0 Å². The summed E-state index contributed by atoms with van der Waals surface area (Å²) in [4.78, 5) is 52.8. The van der Waals surface area contributed by atoms with Crippen molar-refractivity contribution in [3.63, 3.8) is 0 Å². The van der Waals surface area contributed by atoms with Gasteiger partial charge in [0.05, 0.1) is 44.2 Å². The van der Waals surface area contributed by atoms with Gasteiger partial charge in [-0.25, -0.2) is 4.79 Å². The van der Waals surface area contributed by atoms with Crippen LogP contribution >= 0.6 is 0 Å². The number of unbranched alkanes of at least 4 members (excludes halogenated alkanes) is 2. The van der Waals surface area contributed by atoms with E-state index in [-0.39, 0.29) is 30.4 Å². The van der Waals surface area contributed by atoms with Crippen LogP contribution in [0.3, 0.4) is 0 Å². The highest BCUT2D eigenvalue weighted by molar-refractivity contribution is 5.99. The van der Waals surface area contributed by atoms with Crippen LogP contribution in [0.4, 0.5) is 5.69 Å². The van der Waals surface area contributed by atoms with Crippen LogP contribution < -0.4 is 16.0 Å². The first-order valence-electron chi connectivity index (χ1n) is 19.1. The smallest absolute Gasteiger partial charge is 0.338 e. The van der Waals surface area contributed by atoms with Crippen molar-refractivity contribution in [2.45, 2.75) is 76.0 Å². The zero-order chi connectivity index (χ0) is 37.7. The van der Waals surface area contributed by atoms with Gasteiger partial charge in [0.15, 0.2) is 0 Å². The highest BCUT2D eigenvalue weighted by Gasteiger charge is 2.51. The van der Waals surface area contributed by atoms with Gasteiger partial charge in [-0.2, -0.15) is 0 Å². The average molecular weight is 739 g/mol. The van der Waals surface area contributed by atoms with Crippen molar-refractivity contribution in [1.29, 1.82) is 0 Å². The highest BCUT2D eigenvalue weighted by atomic mass is 16.6. The first-order valence-corrected chi connectivity index (χ1v) is 19.1. The lowest BCUT2D eigenvalue weighted by Crippen LogP contribution is -2.53. The van der Waals surface area contributed by atoms with Gasteiger partial charge in [-0.1, -0.05) is 30.3 Å². The molecule has 2 saturated heterocycles. The number of carbonyl (C=O) groups excluding carboxylic acids is 4. The molecule has 2 fully saturated rings. The number of nitrogens with zero attached hydrogens (tertiary/aromatic N) is 1. The van der Waals surface area contributed by atoms with Crippen LogP contribution in [0.25, 0.3) is 0 Å². The second-order valence-corrected chi connectivity index (χ2v) is 13.5. The lowest BCUT2D eigenvalue weighted by Gasteiger charge is -2.40. The lowest BCUT2D eigenvalue weighted by atomic mass is 9.87. The molecule has 4 rings (SSSR count). The maximum absolute atomic E-state index is 13.2. The van der Waals surface area contributed by atoms with Gasteiger partial charge in [-0.3, -0.25) is 19.3 Å². The number of para-hydroxylation sites is 1. The molecule has 2 aliphatic heterocycles. The molecule has 0 unspecified atom stereocenters. The molecule has 0 aromatic heterocycles. The Bertz CT molecular complexity index is 1410. The summed E-state index contributed by atoms with van der Waals surface area (Å²) in [5, 5.41) is 8.85. The second kappa shape index (κ2) is 23.6.